The van der Waals surface area contributed by atoms with Crippen LogP contribution < -0.4 is 5.32 Å². The third kappa shape index (κ3) is 6.34. The van der Waals surface area contributed by atoms with Crippen molar-refractivity contribution in [1.29, 1.82) is 0 Å². The van der Waals surface area contributed by atoms with Gasteiger partial charge in [-0.3, -0.25) is 9.59 Å². The maximum Gasteiger partial charge on any atom is 0.339 e. The number of hydrogen-bond acceptors (Lipinski definition) is 6. The molecule has 26 heavy (non-hydrogen) atoms. The Hall–Kier alpha value is -2.06. The molecule has 0 radical (unpaired) electrons. The molecule has 1 N–H and O–H groups in total. The lowest BCUT2D eigenvalue weighted by atomic mass is 10.2. The van der Waals surface area contributed by atoms with Gasteiger partial charge in [0.05, 0.1) is 17.4 Å². The molecule has 1 unspecified atom stereocenters. The van der Waals surface area contributed by atoms with E-state index in [9.17, 15) is 14.4 Å². The summed E-state index contributed by atoms with van der Waals surface area (Å²) in [6.07, 6.45) is 1.97. The molecule has 142 valence electrons. The number of esters is 1. The van der Waals surface area contributed by atoms with Gasteiger partial charge in [0.1, 0.15) is 0 Å². The lowest BCUT2D eigenvalue weighted by molar-refractivity contribution is -0.126. The van der Waals surface area contributed by atoms with Crippen LogP contribution in [0.3, 0.4) is 0 Å². The van der Waals surface area contributed by atoms with E-state index >= 15 is 0 Å². The molecular formula is C18H24N2O5S. The number of ether oxygens (including phenoxy) is 2. The summed E-state index contributed by atoms with van der Waals surface area (Å²) < 4.78 is 10.5. The zero-order valence-corrected chi connectivity index (χ0v) is 15.8. The van der Waals surface area contributed by atoms with Crippen LogP contribution in [0.1, 0.15) is 23.2 Å². The molecule has 1 saturated heterocycles. The van der Waals surface area contributed by atoms with Crippen LogP contribution in [0.15, 0.2) is 29.2 Å². The molecule has 1 aromatic carbocycles. The van der Waals surface area contributed by atoms with Crippen LogP contribution in [0.25, 0.3) is 0 Å². The van der Waals surface area contributed by atoms with Gasteiger partial charge in [0.25, 0.3) is 5.91 Å². The predicted molar refractivity (Wildman–Crippen MR) is 98.1 cm³/mol. The predicted octanol–water partition coefficient (Wildman–Crippen LogP) is 1.32. The Balaban J connectivity index is 1.82. The average Bonchev–Trinajstić information content (AvgIpc) is 3.16. The van der Waals surface area contributed by atoms with E-state index in [1.54, 1.807) is 38.4 Å². The van der Waals surface area contributed by atoms with E-state index in [0.717, 1.165) is 19.4 Å². The quantitative estimate of drug-likeness (QED) is 0.541. The number of rotatable bonds is 8. The second-order valence-electron chi connectivity index (χ2n) is 6.09. The van der Waals surface area contributed by atoms with Gasteiger partial charge in [-0.05, 0) is 25.0 Å². The molecule has 2 amide bonds. The number of carbonyl (C=O) groups is 3. The fourth-order valence-corrected chi connectivity index (χ4v) is 3.34. The zero-order chi connectivity index (χ0) is 18.9. The number of thioether (sulfide) groups is 1. The van der Waals surface area contributed by atoms with Gasteiger partial charge in [-0.1, -0.05) is 12.1 Å². The molecule has 1 fully saturated rings. The first-order chi connectivity index (χ1) is 12.5. The van der Waals surface area contributed by atoms with Gasteiger partial charge >= 0.3 is 5.97 Å². The van der Waals surface area contributed by atoms with Gasteiger partial charge in [0.2, 0.25) is 5.91 Å². The van der Waals surface area contributed by atoms with Crippen molar-refractivity contribution in [3.8, 4) is 0 Å². The van der Waals surface area contributed by atoms with Gasteiger partial charge in [-0.25, -0.2) is 4.79 Å². The molecule has 1 aliphatic heterocycles. The van der Waals surface area contributed by atoms with E-state index < -0.39 is 5.97 Å². The van der Waals surface area contributed by atoms with Gasteiger partial charge in [-0.15, -0.1) is 11.8 Å². The number of hydrogen-bond donors (Lipinski definition) is 1. The number of amides is 2. The van der Waals surface area contributed by atoms with Crippen molar-refractivity contribution in [2.45, 2.75) is 23.8 Å². The second-order valence-corrected chi connectivity index (χ2v) is 7.11. The summed E-state index contributed by atoms with van der Waals surface area (Å²) in [7, 11) is 3.36. The van der Waals surface area contributed by atoms with Crippen LogP contribution >= 0.6 is 11.8 Å². The molecule has 1 atom stereocenters. The molecule has 0 aromatic heterocycles. The van der Waals surface area contributed by atoms with E-state index in [1.807, 2.05) is 0 Å². The molecule has 1 aromatic rings. The molecule has 7 nitrogen and oxygen atoms in total. The van der Waals surface area contributed by atoms with E-state index in [1.165, 1.54) is 16.7 Å². The van der Waals surface area contributed by atoms with Crippen molar-refractivity contribution in [3.05, 3.63) is 29.8 Å². The zero-order valence-electron chi connectivity index (χ0n) is 15.0. The Morgan fingerprint density at radius 1 is 1.31 bits per heavy atom. The Bertz CT molecular complexity index is 644. The van der Waals surface area contributed by atoms with Crippen molar-refractivity contribution >= 4 is 29.5 Å². The highest BCUT2D eigenvalue weighted by Crippen LogP contribution is 2.23. The summed E-state index contributed by atoms with van der Waals surface area (Å²) in [5.41, 5.74) is 0.344. The SMILES string of the molecule is CN(C)C(=O)CSc1ccccc1C(=O)OCC(=O)NCC1CCCO1. The first kappa shape index (κ1) is 20.3. The fraction of sp³-hybridized carbons (Fsp3) is 0.500. The number of nitrogens with one attached hydrogen (secondary N) is 1. The van der Waals surface area contributed by atoms with Gasteiger partial charge in [-0.2, -0.15) is 0 Å². The smallest absolute Gasteiger partial charge is 0.339 e. The minimum Gasteiger partial charge on any atom is -0.452 e. The molecule has 0 aliphatic carbocycles. The van der Waals surface area contributed by atoms with Crippen molar-refractivity contribution in [1.82, 2.24) is 10.2 Å². The minimum absolute atomic E-state index is 0.0426. The normalized spacial score (nSPS) is 16.2. The summed E-state index contributed by atoms with van der Waals surface area (Å²) in [4.78, 5) is 37.9. The van der Waals surface area contributed by atoms with Crippen LogP contribution in [0.5, 0.6) is 0 Å². The molecule has 2 rings (SSSR count). The monoisotopic (exact) mass is 380 g/mol. The fourth-order valence-electron chi connectivity index (χ4n) is 2.32. The molecule has 0 bridgehead atoms. The van der Waals surface area contributed by atoms with Gasteiger partial charge < -0.3 is 19.7 Å². The van der Waals surface area contributed by atoms with Gasteiger partial charge in [0, 0.05) is 32.1 Å². The van der Waals surface area contributed by atoms with Crippen molar-refractivity contribution in [2.24, 2.45) is 0 Å². The minimum atomic E-state index is -0.585. The van der Waals surface area contributed by atoms with E-state index in [4.69, 9.17) is 9.47 Å². The van der Waals surface area contributed by atoms with E-state index in [0.29, 0.717) is 17.0 Å². The van der Waals surface area contributed by atoms with Crippen molar-refractivity contribution in [2.75, 3.05) is 39.6 Å². The first-order valence-corrected chi connectivity index (χ1v) is 9.43. The lowest BCUT2D eigenvalue weighted by Crippen LogP contribution is -2.34. The average molecular weight is 380 g/mol. The Labute approximate surface area is 157 Å². The van der Waals surface area contributed by atoms with Crippen LogP contribution in [0, 0.1) is 0 Å². The highest BCUT2D eigenvalue weighted by atomic mass is 32.2. The van der Waals surface area contributed by atoms with Crippen molar-refractivity contribution < 1.29 is 23.9 Å². The van der Waals surface area contributed by atoms with Crippen LogP contribution in [0.2, 0.25) is 0 Å². The topological polar surface area (TPSA) is 84.9 Å². The summed E-state index contributed by atoms with van der Waals surface area (Å²) in [6, 6.07) is 6.87. The summed E-state index contributed by atoms with van der Waals surface area (Å²) >= 11 is 1.26. The molecular weight excluding hydrogens is 356 g/mol. The largest absolute Gasteiger partial charge is 0.452 e. The van der Waals surface area contributed by atoms with E-state index in [-0.39, 0.29) is 30.3 Å². The van der Waals surface area contributed by atoms with Crippen LogP contribution in [0.4, 0.5) is 0 Å². The third-order valence-electron chi connectivity index (χ3n) is 3.84. The Morgan fingerprint density at radius 2 is 2.08 bits per heavy atom. The van der Waals surface area contributed by atoms with Crippen molar-refractivity contribution in [3.63, 3.8) is 0 Å². The first-order valence-electron chi connectivity index (χ1n) is 8.44. The maximum absolute atomic E-state index is 12.3. The molecule has 1 heterocycles. The standard InChI is InChI=1S/C18H24N2O5S/c1-20(2)17(22)12-26-15-8-4-3-7-14(15)18(23)25-11-16(21)19-10-13-6-5-9-24-13/h3-4,7-8,13H,5-6,9-12H2,1-2H3,(H,19,21). The molecule has 0 spiro atoms. The summed E-state index contributed by atoms with van der Waals surface area (Å²) in [5.74, 6) is -0.773. The Morgan fingerprint density at radius 3 is 2.77 bits per heavy atom. The van der Waals surface area contributed by atoms with Crippen LogP contribution in [-0.2, 0) is 19.1 Å². The summed E-state index contributed by atoms with van der Waals surface area (Å²) in [6.45, 7) is 0.803. The molecule has 1 aliphatic rings. The Kier molecular flexibility index (Phi) is 7.93. The van der Waals surface area contributed by atoms with Crippen LogP contribution in [-0.4, -0.2) is 68.4 Å². The highest BCUT2D eigenvalue weighted by Gasteiger charge is 2.18. The highest BCUT2D eigenvalue weighted by molar-refractivity contribution is 8.00. The number of benzene rings is 1. The lowest BCUT2D eigenvalue weighted by Gasteiger charge is -2.13. The summed E-state index contributed by atoms with van der Waals surface area (Å²) in [5, 5.41) is 2.70. The molecule has 0 saturated carbocycles. The second kappa shape index (κ2) is 10.2. The number of nitrogens with zero attached hydrogens (tertiary/aromatic N) is 1. The number of carbonyl (C=O) groups excluding carboxylic acids is 3. The molecule has 8 heteroatoms. The van der Waals surface area contributed by atoms with Gasteiger partial charge in [0.15, 0.2) is 6.61 Å². The van der Waals surface area contributed by atoms with E-state index in [2.05, 4.69) is 5.32 Å². The third-order valence-corrected chi connectivity index (χ3v) is 4.90. The maximum atomic E-state index is 12.3.